The molecule has 5 aromatic rings. The Labute approximate surface area is 216 Å². The predicted molar refractivity (Wildman–Crippen MR) is 143 cm³/mol. The van der Waals surface area contributed by atoms with Gasteiger partial charge in [-0.15, -0.1) is 10.2 Å². The number of nitrogens with one attached hydrogen (secondary N) is 2. The van der Waals surface area contributed by atoms with Crippen LogP contribution in [0.15, 0.2) is 78.1 Å². The van der Waals surface area contributed by atoms with Crippen molar-refractivity contribution in [2.75, 3.05) is 25.3 Å². The van der Waals surface area contributed by atoms with Gasteiger partial charge >= 0.3 is 0 Å². The average Bonchev–Trinajstić information content (AvgIpc) is 3.52. The van der Waals surface area contributed by atoms with Crippen molar-refractivity contribution in [1.29, 1.82) is 0 Å². The van der Waals surface area contributed by atoms with E-state index in [4.69, 9.17) is 21.1 Å². The van der Waals surface area contributed by atoms with Crippen LogP contribution >= 0.6 is 23.4 Å². The molecule has 1 amide bonds. The summed E-state index contributed by atoms with van der Waals surface area (Å²) in [6.07, 6.45) is 1.90. The molecule has 0 fully saturated rings. The Kier molecular flexibility index (Phi) is 6.84. The van der Waals surface area contributed by atoms with Crippen molar-refractivity contribution < 1.29 is 14.3 Å². The van der Waals surface area contributed by atoms with Crippen LogP contribution in [0.3, 0.4) is 0 Å². The number of anilines is 1. The molecule has 8 nitrogen and oxygen atoms in total. The zero-order valence-corrected chi connectivity index (χ0v) is 21.1. The van der Waals surface area contributed by atoms with E-state index in [1.165, 1.54) is 11.8 Å². The van der Waals surface area contributed by atoms with Crippen LogP contribution < -0.4 is 14.8 Å². The van der Waals surface area contributed by atoms with E-state index in [2.05, 4.69) is 20.5 Å². The van der Waals surface area contributed by atoms with Gasteiger partial charge in [0.1, 0.15) is 11.5 Å². The molecule has 3 aromatic carbocycles. The molecule has 0 saturated heterocycles. The first kappa shape index (κ1) is 23.8. The number of nitrogens with zero attached hydrogens (tertiary/aromatic N) is 3. The summed E-state index contributed by atoms with van der Waals surface area (Å²) < 4.78 is 13.0. The van der Waals surface area contributed by atoms with Crippen LogP contribution in [0, 0.1) is 0 Å². The molecular formula is C26H22ClN5O3S. The molecule has 0 bridgehead atoms. The molecule has 0 spiro atoms. The number of hydrogen-bond donors (Lipinski definition) is 2. The summed E-state index contributed by atoms with van der Waals surface area (Å²) in [5, 5.41) is 14.0. The number of para-hydroxylation sites is 1. The van der Waals surface area contributed by atoms with Crippen molar-refractivity contribution in [3.8, 4) is 28.6 Å². The number of hydrogen-bond acceptors (Lipinski definition) is 6. The average molecular weight is 520 g/mol. The highest BCUT2D eigenvalue weighted by Gasteiger charge is 2.22. The van der Waals surface area contributed by atoms with Crippen LogP contribution in [-0.4, -0.2) is 45.6 Å². The zero-order valence-electron chi connectivity index (χ0n) is 19.5. The van der Waals surface area contributed by atoms with Crippen LogP contribution in [-0.2, 0) is 4.79 Å². The van der Waals surface area contributed by atoms with E-state index in [0.29, 0.717) is 38.9 Å². The first-order valence-corrected chi connectivity index (χ1v) is 12.4. The molecule has 0 aliphatic carbocycles. The van der Waals surface area contributed by atoms with Gasteiger partial charge < -0.3 is 19.8 Å². The fourth-order valence-electron chi connectivity index (χ4n) is 3.84. The third-order valence-corrected chi connectivity index (χ3v) is 6.73. The summed E-state index contributed by atoms with van der Waals surface area (Å²) in [6, 6.07) is 20.4. The molecule has 5 rings (SSSR count). The number of fused-ring (bicyclic) bond motifs is 1. The van der Waals surface area contributed by atoms with Crippen LogP contribution in [0.2, 0.25) is 5.02 Å². The second-order valence-corrected chi connectivity index (χ2v) is 9.15. The largest absolute Gasteiger partial charge is 0.497 e. The van der Waals surface area contributed by atoms with Crippen molar-refractivity contribution in [1.82, 2.24) is 19.7 Å². The SMILES string of the molecule is COc1ccc(OC)c(-n2c(SCC(=O)Nc3ccc(Cl)cc3)nnc2-c2c[nH]c3ccccc23)c1. The lowest BCUT2D eigenvalue weighted by Crippen LogP contribution is -2.14. The standard InChI is InChI=1S/C26H22ClN5O3S/c1-34-18-11-12-23(35-2)22(13-18)32-25(20-14-28-21-6-4-3-5-19(20)21)30-31-26(32)36-15-24(33)29-17-9-7-16(27)8-10-17/h3-14,28H,15H2,1-2H3,(H,29,33). The number of methoxy groups -OCH3 is 2. The molecule has 0 saturated carbocycles. The predicted octanol–water partition coefficient (Wildman–Crippen LogP) is 5.82. The lowest BCUT2D eigenvalue weighted by atomic mass is 10.1. The van der Waals surface area contributed by atoms with Gasteiger partial charge in [-0.3, -0.25) is 9.36 Å². The number of halogens is 1. The molecule has 36 heavy (non-hydrogen) atoms. The van der Waals surface area contributed by atoms with E-state index >= 15 is 0 Å². The van der Waals surface area contributed by atoms with Gasteiger partial charge in [0.05, 0.1) is 25.7 Å². The summed E-state index contributed by atoms with van der Waals surface area (Å²) >= 11 is 7.21. The molecule has 182 valence electrons. The van der Waals surface area contributed by atoms with Gasteiger partial charge in [0.15, 0.2) is 11.0 Å². The topological polar surface area (TPSA) is 94.1 Å². The Balaban J connectivity index is 1.54. The lowest BCUT2D eigenvalue weighted by molar-refractivity contribution is -0.113. The van der Waals surface area contributed by atoms with E-state index in [-0.39, 0.29) is 11.7 Å². The Bertz CT molecular complexity index is 1530. The maximum Gasteiger partial charge on any atom is 0.234 e. The molecule has 0 radical (unpaired) electrons. The summed E-state index contributed by atoms with van der Waals surface area (Å²) in [6.45, 7) is 0. The summed E-state index contributed by atoms with van der Waals surface area (Å²) in [5.41, 5.74) is 3.22. The molecule has 10 heteroatoms. The molecule has 2 heterocycles. The molecule has 0 unspecified atom stereocenters. The van der Waals surface area contributed by atoms with Gasteiger partial charge in [-0.05, 0) is 42.5 Å². The minimum atomic E-state index is -0.178. The monoisotopic (exact) mass is 519 g/mol. The molecule has 0 atom stereocenters. The van der Waals surface area contributed by atoms with Gasteiger partial charge in [-0.1, -0.05) is 41.6 Å². The van der Waals surface area contributed by atoms with Crippen molar-refractivity contribution in [2.24, 2.45) is 0 Å². The van der Waals surface area contributed by atoms with Crippen LogP contribution in [0.25, 0.3) is 28.0 Å². The molecule has 0 aliphatic rings. The van der Waals surface area contributed by atoms with Gasteiger partial charge in [0.2, 0.25) is 5.91 Å². The second-order valence-electron chi connectivity index (χ2n) is 7.77. The van der Waals surface area contributed by atoms with Crippen LogP contribution in [0.4, 0.5) is 5.69 Å². The second kappa shape index (κ2) is 10.3. The number of aromatic amines is 1. The van der Waals surface area contributed by atoms with Crippen LogP contribution in [0.1, 0.15) is 0 Å². The van der Waals surface area contributed by atoms with Gasteiger partial charge in [-0.25, -0.2) is 0 Å². The third kappa shape index (κ3) is 4.75. The summed E-state index contributed by atoms with van der Waals surface area (Å²) in [7, 11) is 3.21. The third-order valence-electron chi connectivity index (χ3n) is 5.55. The minimum Gasteiger partial charge on any atom is -0.497 e. The summed E-state index contributed by atoms with van der Waals surface area (Å²) in [5.74, 6) is 1.83. The lowest BCUT2D eigenvalue weighted by Gasteiger charge is -2.15. The molecule has 2 N–H and O–H groups in total. The highest BCUT2D eigenvalue weighted by molar-refractivity contribution is 7.99. The smallest absolute Gasteiger partial charge is 0.234 e. The van der Waals surface area contributed by atoms with E-state index in [1.807, 2.05) is 53.2 Å². The number of carbonyl (C=O) groups excluding carboxylic acids is 1. The fourth-order valence-corrected chi connectivity index (χ4v) is 4.71. The van der Waals surface area contributed by atoms with E-state index in [1.54, 1.807) is 38.5 Å². The Morgan fingerprint density at radius 3 is 2.64 bits per heavy atom. The number of rotatable bonds is 8. The highest BCUT2D eigenvalue weighted by atomic mass is 35.5. The van der Waals surface area contributed by atoms with Gasteiger partial charge in [0.25, 0.3) is 0 Å². The zero-order chi connectivity index (χ0) is 25.1. The number of ether oxygens (including phenoxy) is 2. The maximum absolute atomic E-state index is 12.7. The summed E-state index contributed by atoms with van der Waals surface area (Å²) in [4.78, 5) is 16.0. The molecule has 2 aromatic heterocycles. The highest BCUT2D eigenvalue weighted by Crippen LogP contribution is 2.37. The fraction of sp³-hybridized carbons (Fsp3) is 0.115. The van der Waals surface area contributed by atoms with Gasteiger partial charge in [-0.2, -0.15) is 0 Å². The number of H-pyrrole nitrogens is 1. The van der Waals surface area contributed by atoms with E-state index in [0.717, 1.165) is 16.5 Å². The van der Waals surface area contributed by atoms with E-state index < -0.39 is 0 Å². The van der Waals surface area contributed by atoms with Gasteiger partial charge in [0, 0.05) is 39.4 Å². The van der Waals surface area contributed by atoms with Crippen molar-refractivity contribution in [3.63, 3.8) is 0 Å². The Morgan fingerprint density at radius 2 is 1.86 bits per heavy atom. The normalized spacial score (nSPS) is 11.0. The maximum atomic E-state index is 12.7. The quantitative estimate of drug-likeness (QED) is 0.251. The van der Waals surface area contributed by atoms with Crippen molar-refractivity contribution >= 4 is 45.9 Å². The number of benzene rings is 3. The Morgan fingerprint density at radius 1 is 1.06 bits per heavy atom. The number of thioether (sulfide) groups is 1. The van der Waals surface area contributed by atoms with Crippen LogP contribution in [0.5, 0.6) is 11.5 Å². The number of amides is 1. The molecular weight excluding hydrogens is 498 g/mol. The number of carbonyl (C=O) groups is 1. The first-order chi connectivity index (χ1) is 17.6. The Hall–Kier alpha value is -3.95. The minimum absolute atomic E-state index is 0.126. The van der Waals surface area contributed by atoms with Crippen molar-refractivity contribution in [3.05, 3.63) is 77.9 Å². The molecule has 0 aliphatic heterocycles. The van der Waals surface area contributed by atoms with E-state index in [9.17, 15) is 4.79 Å². The van der Waals surface area contributed by atoms with Crippen molar-refractivity contribution in [2.45, 2.75) is 5.16 Å². The number of aromatic nitrogens is 4. The first-order valence-electron chi connectivity index (χ1n) is 11.0.